The molecule has 0 saturated heterocycles. The number of carbonyl (C=O) groups is 2. The van der Waals surface area contributed by atoms with Gasteiger partial charge in [-0.3, -0.25) is 10.1 Å². The van der Waals surface area contributed by atoms with Crippen LogP contribution >= 0.6 is 38.9 Å². The fourth-order valence-corrected chi connectivity index (χ4v) is 3.95. The second-order valence-corrected chi connectivity index (χ2v) is 9.30. The molecule has 1 heterocycles. The van der Waals surface area contributed by atoms with Crippen LogP contribution in [0, 0.1) is 11.7 Å². The molecule has 3 rings (SSSR count). The maximum Gasteiger partial charge on any atom is 0.319 e. The molecule has 0 spiro atoms. The van der Waals surface area contributed by atoms with E-state index in [1.165, 1.54) is 23.5 Å². The Labute approximate surface area is 201 Å². The van der Waals surface area contributed by atoms with Crippen LogP contribution in [0.2, 0.25) is 5.02 Å². The van der Waals surface area contributed by atoms with E-state index in [9.17, 15) is 14.0 Å². The van der Waals surface area contributed by atoms with Crippen LogP contribution < -0.4 is 16.0 Å². The molecule has 0 aliphatic heterocycles. The number of nitrogens with one attached hydrogen (secondary N) is 3. The first-order valence-corrected chi connectivity index (χ1v) is 11.7. The van der Waals surface area contributed by atoms with Gasteiger partial charge in [-0.15, -0.1) is 10.2 Å². The first-order valence-electron chi connectivity index (χ1n) is 9.69. The number of aromatic nitrogens is 2. The largest absolute Gasteiger partial charge is 0.326 e. The highest BCUT2D eigenvalue weighted by atomic mass is 79.9. The lowest BCUT2D eigenvalue weighted by atomic mass is 9.98. The maximum atomic E-state index is 13.3. The molecule has 3 aromatic rings. The molecule has 0 bridgehead atoms. The normalized spacial score (nSPS) is 12.7. The van der Waals surface area contributed by atoms with E-state index in [2.05, 4.69) is 42.1 Å². The van der Waals surface area contributed by atoms with Gasteiger partial charge < -0.3 is 10.6 Å². The van der Waals surface area contributed by atoms with Gasteiger partial charge in [0.2, 0.25) is 11.0 Å². The van der Waals surface area contributed by atoms with Gasteiger partial charge in [0.05, 0.1) is 5.02 Å². The number of halogens is 3. The Kier molecular flexibility index (Phi) is 8.16. The monoisotopic (exact) mass is 539 g/mol. The molecule has 11 heteroatoms. The molecule has 3 N–H and O–H groups in total. The van der Waals surface area contributed by atoms with Crippen molar-refractivity contribution in [2.75, 3.05) is 10.6 Å². The van der Waals surface area contributed by atoms with Crippen LogP contribution in [0.4, 0.5) is 20.0 Å². The fraction of sp³-hybridized carbons (Fsp3) is 0.238. The van der Waals surface area contributed by atoms with Crippen molar-refractivity contribution in [1.29, 1.82) is 0 Å². The van der Waals surface area contributed by atoms with Crippen molar-refractivity contribution in [3.05, 3.63) is 57.8 Å². The number of amides is 3. The van der Waals surface area contributed by atoms with Crippen LogP contribution in [0.1, 0.15) is 20.3 Å². The minimum absolute atomic E-state index is 0.114. The Hall–Kier alpha value is -2.56. The predicted molar refractivity (Wildman–Crippen MR) is 128 cm³/mol. The molecule has 32 heavy (non-hydrogen) atoms. The first kappa shape index (κ1) is 24.1. The minimum Gasteiger partial charge on any atom is -0.326 e. The van der Waals surface area contributed by atoms with Crippen molar-refractivity contribution in [2.24, 2.45) is 5.92 Å². The molecule has 0 aliphatic rings. The Bertz CT molecular complexity index is 1110. The summed E-state index contributed by atoms with van der Waals surface area (Å²) in [6.45, 7) is 3.77. The van der Waals surface area contributed by atoms with Crippen LogP contribution in [-0.2, 0) is 4.79 Å². The van der Waals surface area contributed by atoms with E-state index in [0.717, 1.165) is 16.1 Å². The lowest BCUT2D eigenvalue weighted by Gasteiger charge is -2.23. The Morgan fingerprint density at radius 1 is 1.16 bits per heavy atom. The molecule has 0 saturated carbocycles. The summed E-state index contributed by atoms with van der Waals surface area (Å²) in [4.78, 5) is 25.3. The van der Waals surface area contributed by atoms with E-state index in [4.69, 9.17) is 11.6 Å². The molecule has 7 nitrogen and oxygen atoms in total. The van der Waals surface area contributed by atoms with Gasteiger partial charge in [-0.1, -0.05) is 71.3 Å². The highest BCUT2D eigenvalue weighted by Crippen LogP contribution is 2.27. The highest BCUT2D eigenvalue weighted by Gasteiger charge is 2.27. The second kappa shape index (κ2) is 10.8. The first-order chi connectivity index (χ1) is 15.3. The molecule has 0 fully saturated rings. The van der Waals surface area contributed by atoms with E-state index in [1.807, 2.05) is 38.1 Å². The van der Waals surface area contributed by atoms with E-state index in [-0.39, 0.29) is 10.9 Å². The molecule has 168 valence electrons. The smallest absolute Gasteiger partial charge is 0.319 e. The van der Waals surface area contributed by atoms with Gasteiger partial charge in [0.1, 0.15) is 16.9 Å². The van der Waals surface area contributed by atoms with Gasteiger partial charge in [0.15, 0.2) is 0 Å². The third-order valence-electron chi connectivity index (χ3n) is 4.71. The van der Waals surface area contributed by atoms with Crippen LogP contribution in [-0.4, -0.2) is 28.2 Å². The van der Waals surface area contributed by atoms with Gasteiger partial charge in [-0.2, -0.15) is 0 Å². The summed E-state index contributed by atoms with van der Waals surface area (Å²) in [5.41, 5.74) is 1.18. The lowest BCUT2D eigenvalue weighted by Crippen LogP contribution is -2.49. The predicted octanol–water partition coefficient (Wildman–Crippen LogP) is 5.94. The number of rotatable bonds is 7. The lowest BCUT2D eigenvalue weighted by molar-refractivity contribution is -0.119. The van der Waals surface area contributed by atoms with E-state index < -0.39 is 23.8 Å². The van der Waals surface area contributed by atoms with Crippen LogP contribution in [0.15, 0.2) is 46.9 Å². The Morgan fingerprint density at radius 2 is 1.88 bits per heavy atom. The molecule has 1 aromatic heterocycles. The quantitative estimate of drug-likeness (QED) is 0.346. The minimum atomic E-state index is -0.823. The van der Waals surface area contributed by atoms with Crippen molar-refractivity contribution < 1.29 is 14.0 Å². The number of urea groups is 1. The summed E-state index contributed by atoms with van der Waals surface area (Å²) >= 11 is 10.4. The SMILES string of the molecule is CC[C@@H](C)[C@@H](NC(=O)Nc1ccc(F)c(Cl)c1)C(=O)Nc1nnc(-c2ccc(Br)cc2)s1. The van der Waals surface area contributed by atoms with E-state index >= 15 is 0 Å². The van der Waals surface area contributed by atoms with Crippen molar-refractivity contribution in [3.8, 4) is 10.6 Å². The van der Waals surface area contributed by atoms with Gasteiger partial charge in [-0.25, -0.2) is 9.18 Å². The molecule has 0 unspecified atom stereocenters. The molecule has 0 radical (unpaired) electrons. The number of benzene rings is 2. The fourth-order valence-electron chi connectivity index (χ4n) is 2.75. The molecule has 2 atom stereocenters. The Balaban J connectivity index is 1.67. The topological polar surface area (TPSA) is 96.0 Å². The molecule has 2 aromatic carbocycles. The van der Waals surface area contributed by atoms with Gasteiger partial charge >= 0.3 is 6.03 Å². The van der Waals surface area contributed by atoms with Gasteiger partial charge in [0, 0.05) is 15.7 Å². The van der Waals surface area contributed by atoms with Crippen molar-refractivity contribution >= 4 is 61.6 Å². The van der Waals surface area contributed by atoms with Gasteiger partial charge in [-0.05, 0) is 36.2 Å². The summed E-state index contributed by atoms with van der Waals surface area (Å²) in [5.74, 6) is -1.16. The molecule has 0 aliphatic carbocycles. The highest BCUT2D eigenvalue weighted by molar-refractivity contribution is 9.10. The zero-order chi connectivity index (χ0) is 23.3. The number of hydrogen-bond donors (Lipinski definition) is 3. The molecule has 3 amide bonds. The van der Waals surface area contributed by atoms with Crippen molar-refractivity contribution in [2.45, 2.75) is 26.3 Å². The number of hydrogen-bond acceptors (Lipinski definition) is 5. The van der Waals surface area contributed by atoms with Crippen LogP contribution in [0.5, 0.6) is 0 Å². The van der Waals surface area contributed by atoms with Crippen molar-refractivity contribution in [3.63, 3.8) is 0 Å². The summed E-state index contributed by atoms with van der Waals surface area (Å²) in [6, 6.07) is 9.96. The third kappa shape index (κ3) is 6.24. The summed E-state index contributed by atoms with van der Waals surface area (Å²) in [7, 11) is 0. The zero-order valence-corrected chi connectivity index (χ0v) is 20.3. The Morgan fingerprint density at radius 3 is 2.53 bits per heavy atom. The summed E-state index contributed by atoms with van der Waals surface area (Å²) in [5, 5.41) is 17.0. The average Bonchev–Trinajstić information content (AvgIpc) is 3.23. The average molecular weight is 541 g/mol. The molecular weight excluding hydrogens is 521 g/mol. The van der Waals surface area contributed by atoms with Gasteiger partial charge in [0.25, 0.3) is 0 Å². The summed E-state index contributed by atoms with van der Waals surface area (Å²) < 4.78 is 14.3. The standard InChI is InChI=1S/C21H20BrClFN5O2S/c1-3-11(2)17(26-20(31)25-14-8-9-16(24)15(23)10-14)18(30)27-21-29-28-19(32-21)12-4-6-13(22)7-5-12/h4-11,17H,3H2,1-2H3,(H2,25,26,31)(H,27,29,30)/t11-,17-/m1/s1. The zero-order valence-electron chi connectivity index (χ0n) is 17.2. The molecular formula is C21H20BrClFN5O2S. The van der Waals surface area contributed by atoms with Crippen LogP contribution in [0.3, 0.4) is 0 Å². The summed E-state index contributed by atoms with van der Waals surface area (Å²) in [6.07, 6.45) is 0.654. The third-order valence-corrected chi connectivity index (χ3v) is 6.41. The number of carbonyl (C=O) groups excluding carboxylic acids is 2. The van der Waals surface area contributed by atoms with Crippen molar-refractivity contribution in [1.82, 2.24) is 15.5 Å². The maximum absolute atomic E-state index is 13.3. The second-order valence-electron chi connectivity index (χ2n) is 7.00. The van der Waals surface area contributed by atoms with Crippen LogP contribution in [0.25, 0.3) is 10.6 Å². The number of anilines is 2. The van der Waals surface area contributed by atoms with E-state index in [0.29, 0.717) is 22.2 Å². The number of nitrogens with zero attached hydrogens (tertiary/aromatic N) is 2. The van der Waals surface area contributed by atoms with E-state index in [1.54, 1.807) is 0 Å².